The number of esters is 1. The number of fused-ring (bicyclic) bond motifs is 1. The van der Waals surface area contributed by atoms with Crippen LogP contribution in [0.15, 0.2) is 47.8 Å². The minimum atomic E-state index is -4.85. The van der Waals surface area contributed by atoms with Gasteiger partial charge in [-0.1, -0.05) is 47.5 Å². The number of unbranched alkanes of at least 4 members (excludes halogenated alkanes) is 2. The Hall–Kier alpha value is -6.41. The number of hydrogen-bond acceptors (Lipinski definition) is 14. The third-order valence-electron chi connectivity index (χ3n) is 13.3. The Labute approximate surface area is 448 Å². The minimum absolute atomic E-state index is 0.0148. The zero-order valence-corrected chi connectivity index (χ0v) is 45.1. The normalized spacial score (nSPS) is 17.5. The van der Waals surface area contributed by atoms with Crippen molar-refractivity contribution in [2.45, 2.75) is 115 Å². The van der Waals surface area contributed by atoms with Crippen molar-refractivity contribution in [3.05, 3.63) is 76.4 Å². The van der Waals surface area contributed by atoms with Gasteiger partial charge in [-0.05, 0) is 96.7 Å². The number of aromatic nitrogens is 4. The Morgan fingerprint density at radius 2 is 1.61 bits per heavy atom. The van der Waals surface area contributed by atoms with Gasteiger partial charge in [0.1, 0.15) is 18.0 Å². The van der Waals surface area contributed by atoms with E-state index in [0.717, 1.165) is 68.8 Å². The summed E-state index contributed by atoms with van der Waals surface area (Å²) < 4.78 is 86.9. The van der Waals surface area contributed by atoms with Gasteiger partial charge in [0, 0.05) is 62.2 Å². The number of aryl methyl sites for hydroxylation is 1. The number of hydrogen-bond donors (Lipinski definition) is 3. The molecule has 3 atom stereocenters. The van der Waals surface area contributed by atoms with Crippen LogP contribution in [0.3, 0.4) is 0 Å². The predicted molar refractivity (Wildman–Crippen MR) is 273 cm³/mol. The molecule has 2 saturated heterocycles. The van der Waals surface area contributed by atoms with E-state index in [1.165, 1.54) is 39.8 Å². The standard InChI is InChI=1S/C30H35F3N6O2S.C16H26N2O3.C3H3F3O2.2CH3NO/c1-4-42-27-11-21(29(16-41-17-29)12-26-36-34-18-37(26)3)10-25(35-27)39-15-23-22(28(39)40)8-20(9-24(23)30(31,32)33)14-38-7-5-6-19(2)13-38;1-11(2)13(12(3)16(17)21)7-5-4-6-10-18-14(19)8-9-15(18)20;1-8-2(7)3(4,5)6;2*2-1-3/h8-11,18-19H,4-7,12-17H2,1-3H3;8-9,11-13H,4-7,10H2,1-3H3,(H2,17,21);1H3;2*1H,(H2,2,3)/t19-;;;;/m0..../s1. The van der Waals surface area contributed by atoms with Gasteiger partial charge in [0.15, 0.2) is 0 Å². The molecule has 19 nitrogen and oxygen atoms in total. The number of anilines is 1. The number of methoxy groups -OCH3 is 1. The number of amides is 6. The molecule has 6 N–H and O–H groups in total. The highest BCUT2D eigenvalue weighted by Crippen LogP contribution is 2.43. The third kappa shape index (κ3) is 18.6. The highest BCUT2D eigenvalue weighted by molar-refractivity contribution is 7.99. The van der Waals surface area contributed by atoms with Crippen molar-refractivity contribution < 1.29 is 69.4 Å². The Kier molecular flexibility index (Phi) is 25.2. The van der Waals surface area contributed by atoms with Gasteiger partial charge in [-0.25, -0.2) is 9.78 Å². The molecule has 6 amide bonds. The smallest absolute Gasteiger partial charge is 0.462 e. The summed E-state index contributed by atoms with van der Waals surface area (Å²) in [5, 5.41) is 8.97. The van der Waals surface area contributed by atoms with Gasteiger partial charge in [0.25, 0.3) is 17.7 Å². The molecule has 0 bridgehead atoms. The van der Waals surface area contributed by atoms with Crippen LogP contribution < -0.4 is 22.1 Å². The van der Waals surface area contributed by atoms with Crippen LogP contribution >= 0.6 is 11.8 Å². The lowest BCUT2D eigenvalue weighted by Gasteiger charge is -2.42. The molecular formula is C51H70F6N10O9S. The lowest BCUT2D eigenvalue weighted by molar-refractivity contribution is -0.196. The first kappa shape index (κ1) is 64.9. The first-order valence-corrected chi connectivity index (χ1v) is 25.8. The summed E-state index contributed by atoms with van der Waals surface area (Å²) in [7, 11) is 2.56. The number of rotatable bonds is 17. The van der Waals surface area contributed by atoms with Crippen molar-refractivity contribution in [3.8, 4) is 0 Å². The molecular weight excluding hydrogens is 1040 g/mol. The largest absolute Gasteiger partial charge is 0.490 e. The van der Waals surface area contributed by atoms with E-state index >= 15 is 0 Å². The van der Waals surface area contributed by atoms with Gasteiger partial charge in [0.2, 0.25) is 18.7 Å². The summed E-state index contributed by atoms with van der Waals surface area (Å²) >= 11 is 1.53. The van der Waals surface area contributed by atoms with Crippen molar-refractivity contribution in [1.82, 2.24) is 29.5 Å². The molecule has 2 unspecified atom stereocenters. The second-order valence-electron chi connectivity index (χ2n) is 19.2. The average molecular weight is 1110 g/mol. The summed E-state index contributed by atoms with van der Waals surface area (Å²) in [6, 6.07) is 6.74. The van der Waals surface area contributed by atoms with Crippen LogP contribution in [0.4, 0.5) is 32.2 Å². The molecule has 6 heterocycles. The second-order valence-corrected chi connectivity index (χ2v) is 20.5. The van der Waals surface area contributed by atoms with Crippen molar-refractivity contribution in [2.24, 2.45) is 47.9 Å². The lowest BCUT2D eigenvalue weighted by atomic mass is 9.76. The number of thioether (sulfide) groups is 1. The average Bonchev–Trinajstić information content (AvgIpc) is 4.01. The zero-order chi connectivity index (χ0) is 57.8. The molecule has 0 aliphatic carbocycles. The fourth-order valence-electron chi connectivity index (χ4n) is 9.30. The Balaban J connectivity index is 0.000000370. The maximum absolute atomic E-state index is 14.4. The van der Waals surface area contributed by atoms with Crippen molar-refractivity contribution in [2.75, 3.05) is 50.6 Å². The van der Waals surface area contributed by atoms with Crippen molar-refractivity contribution in [1.29, 1.82) is 0 Å². The Bertz CT molecular complexity index is 2500. The monoisotopic (exact) mass is 1110 g/mol. The number of likely N-dealkylation sites (tertiary alicyclic amines) is 1. The molecule has 426 valence electrons. The number of nitrogens with zero attached hydrogens (tertiary/aromatic N) is 7. The van der Waals surface area contributed by atoms with Crippen LogP contribution in [-0.4, -0.2) is 124 Å². The zero-order valence-electron chi connectivity index (χ0n) is 44.3. The quantitative estimate of drug-likeness (QED) is 0.0348. The number of nitrogens with two attached hydrogens (primary N) is 3. The van der Waals surface area contributed by atoms with E-state index in [4.69, 9.17) is 25.0 Å². The number of carbonyl (C=O) groups excluding carboxylic acids is 7. The number of imide groups is 1. The summed E-state index contributed by atoms with van der Waals surface area (Å²) in [5.41, 5.74) is 14.2. The predicted octanol–water partition coefficient (Wildman–Crippen LogP) is 6.03. The highest BCUT2D eigenvalue weighted by atomic mass is 32.2. The maximum atomic E-state index is 14.4. The molecule has 0 spiro atoms. The van der Waals surface area contributed by atoms with E-state index in [-0.39, 0.29) is 54.1 Å². The number of carbonyl (C=O) groups is 7. The third-order valence-corrected chi connectivity index (χ3v) is 14.1. The molecule has 26 heteroatoms. The molecule has 1 aromatic carbocycles. The number of alkyl halides is 6. The fourth-order valence-corrected chi connectivity index (χ4v) is 9.96. The van der Waals surface area contributed by atoms with Gasteiger partial charge in [-0.15, -0.1) is 22.0 Å². The van der Waals surface area contributed by atoms with Crippen LogP contribution in [0.25, 0.3) is 0 Å². The van der Waals surface area contributed by atoms with E-state index in [2.05, 4.69) is 52.1 Å². The Morgan fingerprint density at radius 3 is 2.09 bits per heavy atom. The summed E-state index contributed by atoms with van der Waals surface area (Å²) in [6.45, 7) is 13.6. The van der Waals surface area contributed by atoms with Gasteiger partial charge in [0.05, 0.1) is 37.5 Å². The summed E-state index contributed by atoms with van der Waals surface area (Å²) in [5.74, 6) is -0.297. The fraction of sp³-hybridized carbons (Fsp3) is 0.569. The molecule has 2 fully saturated rings. The number of ether oxygens (including phenoxy) is 2. The molecule has 3 aromatic rings. The number of pyridine rings is 1. The lowest BCUT2D eigenvalue weighted by Crippen LogP contribution is -2.49. The second kappa shape index (κ2) is 29.9. The Morgan fingerprint density at radius 1 is 0.974 bits per heavy atom. The van der Waals surface area contributed by atoms with Gasteiger partial charge in [-0.2, -0.15) is 26.3 Å². The number of benzene rings is 1. The number of primary amides is 3. The van der Waals surface area contributed by atoms with Crippen LogP contribution in [0.1, 0.15) is 112 Å². The van der Waals surface area contributed by atoms with Crippen molar-refractivity contribution in [3.63, 3.8) is 0 Å². The topological polar surface area (TPSA) is 269 Å². The SMILES string of the molecule is CC(C)C(CCCCCN1C(=O)C=CC1=O)C(C)C(N)=O.CCSc1cc(C2(Cc3nncn3C)COC2)cc(N2Cc3c(cc(CN4CCC[C@H](C)C4)cc3C(F)(F)F)C2=O)n1.COC(=O)C(F)(F)F.NC=O.NC=O. The molecule has 7 rings (SSSR count). The number of halogens is 6. The van der Waals surface area contributed by atoms with E-state index < -0.39 is 35.2 Å². The van der Waals surface area contributed by atoms with Crippen LogP contribution in [-0.2, 0) is 76.4 Å². The van der Waals surface area contributed by atoms with E-state index in [0.29, 0.717) is 74.0 Å². The summed E-state index contributed by atoms with van der Waals surface area (Å²) in [6.07, 6.45) is 1.73. The molecule has 77 heavy (non-hydrogen) atoms. The van der Waals surface area contributed by atoms with E-state index in [1.807, 2.05) is 37.6 Å². The van der Waals surface area contributed by atoms with E-state index in [1.54, 1.807) is 12.4 Å². The van der Waals surface area contributed by atoms with Gasteiger partial charge < -0.3 is 31.2 Å². The van der Waals surface area contributed by atoms with E-state index in [9.17, 15) is 50.3 Å². The highest BCUT2D eigenvalue weighted by Gasteiger charge is 2.45. The molecule has 0 radical (unpaired) electrons. The molecule has 4 aliphatic heterocycles. The molecule has 0 saturated carbocycles. The van der Waals surface area contributed by atoms with Crippen molar-refractivity contribution >= 4 is 60.0 Å². The first-order valence-electron chi connectivity index (χ1n) is 24.8. The first-order chi connectivity index (χ1) is 36.2. The van der Waals surface area contributed by atoms with Crippen LogP contribution in [0.2, 0.25) is 0 Å². The molecule has 4 aliphatic rings. The van der Waals surface area contributed by atoms with Gasteiger partial charge in [-0.3, -0.25) is 43.5 Å². The maximum Gasteiger partial charge on any atom is 0.490 e. The minimum Gasteiger partial charge on any atom is -0.462 e. The van der Waals surface area contributed by atoms with Crippen LogP contribution in [0.5, 0.6) is 0 Å². The summed E-state index contributed by atoms with van der Waals surface area (Å²) in [4.78, 5) is 84.2. The van der Waals surface area contributed by atoms with Gasteiger partial charge >= 0.3 is 18.3 Å². The number of piperidine rings is 1. The van der Waals surface area contributed by atoms with Crippen LogP contribution in [0, 0.1) is 23.7 Å². The molecule has 2 aromatic heterocycles.